The first kappa shape index (κ1) is 19.7. The zero-order chi connectivity index (χ0) is 19.1. The van der Waals surface area contributed by atoms with Crippen molar-refractivity contribution in [3.63, 3.8) is 0 Å². The van der Waals surface area contributed by atoms with Gasteiger partial charge in [-0.05, 0) is 44.6 Å². The quantitative estimate of drug-likeness (QED) is 0.598. The van der Waals surface area contributed by atoms with E-state index in [2.05, 4.69) is 52.9 Å². The molecule has 2 N–H and O–H groups in total. The van der Waals surface area contributed by atoms with Crippen molar-refractivity contribution in [1.82, 2.24) is 15.5 Å². The number of amides is 1. The summed E-state index contributed by atoms with van der Waals surface area (Å²) in [5.41, 5.74) is 1.63. The van der Waals surface area contributed by atoms with Crippen LogP contribution in [-0.2, 0) is 10.2 Å². The fourth-order valence-electron chi connectivity index (χ4n) is 4.34. The summed E-state index contributed by atoms with van der Waals surface area (Å²) in [6.07, 6.45) is 7.74. The van der Waals surface area contributed by atoms with Gasteiger partial charge in [-0.3, -0.25) is 9.79 Å². The lowest BCUT2D eigenvalue weighted by molar-refractivity contribution is -0.134. The van der Waals surface area contributed by atoms with E-state index < -0.39 is 0 Å². The second kappa shape index (κ2) is 9.25. The van der Waals surface area contributed by atoms with Crippen molar-refractivity contribution in [2.45, 2.75) is 63.3 Å². The van der Waals surface area contributed by atoms with E-state index >= 15 is 0 Å². The van der Waals surface area contributed by atoms with Gasteiger partial charge in [0.1, 0.15) is 0 Å². The zero-order valence-electron chi connectivity index (χ0n) is 16.8. The highest BCUT2D eigenvalue weighted by Gasteiger charge is 2.38. The van der Waals surface area contributed by atoms with E-state index in [0.717, 1.165) is 31.9 Å². The SMILES string of the molecule is CN=C(NCCC(=O)N1CCCCC1C)NCC1(c2ccccc2)CCC1. The van der Waals surface area contributed by atoms with E-state index in [-0.39, 0.29) is 11.3 Å². The predicted molar refractivity (Wildman–Crippen MR) is 111 cm³/mol. The second-order valence-corrected chi connectivity index (χ2v) is 8.03. The molecule has 5 heteroatoms. The van der Waals surface area contributed by atoms with E-state index in [4.69, 9.17) is 0 Å². The van der Waals surface area contributed by atoms with Gasteiger partial charge >= 0.3 is 0 Å². The molecule has 0 spiro atoms. The molecule has 1 unspecified atom stereocenters. The average molecular weight is 371 g/mol. The summed E-state index contributed by atoms with van der Waals surface area (Å²) in [6.45, 7) is 4.58. The van der Waals surface area contributed by atoms with E-state index in [9.17, 15) is 4.79 Å². The number of rotatable bonds is 6. The largest absolute Gasteiger partial charge is 0.356 e. The summed E-state index contributed by atoms with van der Waals surface area (Å²) < 4.78 is 0. The fourth-order valence-corrected chi connectivity index (χ4v) is 4.34. The monoisotopic (exact) mass is 370 g/mol. The predicted octanol–water partition coefficient (Wildman–Crippen LogP) is 3.06. The zero-order valence-corrected chi connectivity index (χ0v) is 16.8. The Balaban J connectivity index is 1.45. The standard InChI is InChI=1S/C22H34N4O/c1-18-9-6-7-16-26(18)20(27)12-15-24-21(23-2)25-17-22(13-8-14-22)19-10-4-3-5-11-19/h3-5,10-11,18H,6-9,12-17H2,1-2H3,(H2,23,24,25). The van der Waals surface area contributed by atoms with Gasteiger partial charge < -0.3 is 15.5 Å². The summed E-state index contributed by atoms with van der Waals surface area (Å²) in [7, 11) is 1.79. The van der Waals surface area contributed by atoms with Crippen LogP contribution in [0.2, 0.25) is 0 Å². The summed E-state index contributed by atoms with van der Waals surface area (Å²) in [4.78, 5) is 18.8. The van der Waals surface area contributed by atoms with Gasteiger partial charge in [-0.1, -0.05) is 36.8 Å². The minimum absolute atomic E-state index is 0.220. The van der Waals surface area contributed by atoms with Crippen molar-refractivity contribution in [2.75, 3.05) is 26.7 Å². The summed E-state index contributed by atoms with van der Waals surface area (Å²) in [6, 6.07) is 11.2. The molecule has 1 aliphatic carbocycles. The molecule has 1 amide bonds. The molecule has 1 heterocycles. The molecular weight excluding hydrogens is 336 g/mol. The molecule has 5 nitrogen and oxygen atoms in total. The minimum Gasteiger partial charge on any atom is -0.356 e. The van der Waals surface area contributed by atoms with Crippen LogP contribution in [-0.4, -0.2) is 49.5 Å². The molecule has 1 saturated carbocycles. The van der Waals surface area contributed by atoms with Crippen molar-refractivity contribution >= 4 is 11.9 Å². The normalized spacial score (nSPS) is 22.1. The van der Waals surface area contributed by atoms with Crippen LogP contribution in [0.3, 0.4) is 0 Å². The highest BCUT2D eigenvalue weighted by Crippen LogP contribution is 2.43. The lowest BCUT2D eigenvalue weighted by Crippen LogP contribution is -2.49. The first-order valence-corrected chi connectivity index (χ1v) is 10.4. The Kier molecular flexibility index (Phi) is 6.75. The van der Waals surface area contributed by atoms with E-state index in [1.165, 1.54) is 31.2 Å². The Bertz CT molecular complexity index is 639. The summed E-state index contributed by atoms with van der Waals surface area (Å²) in [5, 5.41) is 6.80. The Morgan fingerprint density at radius 3 is 2.59 bits per heavy atom. The van der Waals surface area contributed by atoms with Gasteiger partial charge in [0.2, 0.25) is 5.91 Å². The number of hydrogen-bond acceptors (Lipinski definition) is 2. The third-order valence-electron chi connectivity index (χ3n) is 6.27. The summed E-state index contributed by atoms with van der Waals surface area (Å²) in [5.74, 6) is 1.04. The molecule has 1 aromatic carbocycles. The number of carbonyl (C=O) groups excluding carboxylic acids is 1. The fraction of sp³-hybridized carbons (Fsp3) is 0.636. The molecule has 0 aromatic heterocycles. The number of nitrogens with one attached hydrogen (secondary N) is 2. The van der Waals surface area contributed by atoms with Gasteiger partial charge in [0.25, 0.3) is 0 Å². The number of aliphatic imine (C=N–C) groups is 1. The van der Waals surface area contributed by atoms with Crippen molar-refractivity contribution < 1.29 is 4.79 Å². The van der Waals surface area contributed by atoms with Gasteiger partial charge in [-0.2, -0.15) is 0 Å². The Hall–Kier alpha value is -2.04. The van der Waals surface area contributed by atoms with E-state index in [1.807, 2.05) is 4.90 Å². The third-order valence-corrected chi connectivity index (χ3v) is 6.27. The first-order valence-electron chi connectivity index (χ1n) is 10.4. The van der Waals surface area contributed by atoms with Crippen LogP contribution >= 0.6 is 0 Å². The van der Waals surface area contributed by atoms with Gasteiger partial charge in [0, 0.05) is 44.6 Å². The van der Waals surface area contributed by atoms with E-state index in [1.54, 1.807) is 7.05 Å². The Morgan fingerprint density at radius 2 is 1.96 bits per heavy atom. The van der Waals surface area contributed by atoms with Crippen LogP contribution in [0.15, 0.2) is 35.3 Å². The maximum absolute atomic E-state index is 12.5. The molecule has 1 saturated heterocycles. The number of hydrogen-bond donors (Lipinski definition) is 2. The highest BCUT2D eigenvalue weighted by molar-refractivity contribution is 5.81. The molecule has 3 rings (SSSR count). The van der Waals surface area contributed by atoms with Crippen LogP contribution in [0.5, 0.6) is 0 Å². The Labute approximate surface area is 163 Å². The van der Waals surface area contributed by atoms with Crippen molar-refractivity contribution in [2.24, 2.45) is 4.99 Å². The number of guanidine groups is 1. The van der Waals surface area contributed by atoms with Crippen LogP contribution in [0.25, 0.3) is 0 Å². The number of carbonyl (C=O) groups is 1. The molecule has 0 radical (unpaired) electrons. The second-order valence-electron chi connectivity index (χ2n) is 8.03. The molecule has 2 fully saturated rings. The molecule has 27 heavy (non-hydrogen) atoms. The van der Waals surface area contributed by atoms with Gasteiger partial charge in [0.05, 0.1) is 0 Å². The van der Waals surface area contributed by atoms with Crippen LogP contribution in [0, 0.1) is 0 Å². The van der Waals surface area contributed by atoms with Crippen LogP contribution < -0.4 is 10.6 Å². The van der Waals surface area contributed by atoms with Crippen LogP contribution in [0.1, 0.15) is 57.4 Å². The molecule has 1 aromatic rings. The maximum Gasteiger partial charge on any atom is 0.224 e. The molecule has 2 aliphatic rings. The minimum atomic E-state index is 0.220. The first-order chi connectivity index (χ1) is 13.1. The van der Waals surface area contributed by atoms with Gasteiger partial charge in [-0.25, -0.2) is 0 Å². The lowest BCUT2D eigenvalue weighted by Gasteiger charge is -2.43. The van der Waals surface area contributed by atoms with Crippen LogP contribution in [0.4, 0.5) is 0 Å². The number of piperidine rings is 1. The molecule has 0 bridgehead atoms. The van der Waals surface area contributed by atoms with Gasteiger partial charge in [-0.15, -0.1) is 0 Å². The number of likely N-dealkylation sites (tertiary alicyclic amines) is 1. The molecule has 1 atom stereocenters. The average Bonchev–Trinajstić information content (AvgIpc) is 2.66. The topological polar surface area (TPSA) is 56.7 Å². The molecule has 1 aliphatic heterocycles. The number of nitrogens with zero attached hydrogens (tertiary/aromatic N) is 2. The smallest absolute Gasteiger partial charge is 0.224 e. The van der Waals surface area contributed by atoms with Crippen molar-refractivity contribution in [3.05, 3.63) is 35.9 Å². The maximum atomic E-state index is 12.5. The molecule has 148 valence electrons. The molecular formula is C22H34N4O. The van der Waals surface area contributed by atoms with E-state index in [0.29, 0.717) is 19.0 Å². The lowest BCUT2D eigenvalue weighted by atomic mass is 9.64. The third kappa shape index (κ3) is 4.82. The highest BCUT2D eigenvalue weighted by atomic mass is 16.2. The van der Waals surface area contributed by atoms with Crippen molar-refractivity contribution in [3.8, 4) is 0 Å². The summed E-state index contributed by atoms with van der Waals surface area (Å²) >= 11 is 0. The van der Waals surface area contributed by atoms with Crippen molar-refractivity contribution in [1.29, 1.82) is 0 Å². The Morgan fingerprint density at radius 1 is 1.19 bits per heavy atom. The number of benzene rings is 1. The van der Waals surface area contributed by atoms with Gasteiger partial charge in [0.15, 0.2) is 5.96 Å².